The summed E-state index contributed by atoms with van der Waals surface area (Å²) in [6.45, 7) is 1.23. The highest BCUT2D eigenvalue weighted by molar-refractivity contribution is 7.18. The SMILES string of the molecule is O=C1CCN(c2sc(C(=O)c3cccc([N+](=O)[O-])c3)cc2-c2ccncc2)CC1. The number of Topliss-reactive ketones (excluding diaryl/α,β-unsaturated/α-hetero) is 1. The van der Waals surface area contributed by atoms with Crippen molar-refractivity contribution in [3.63, 3.8) is 0 Å². The Morgan fingerprint density at radius 3 is 2.52 bits per heavy atom. The molecular weight excluding hydrogens is 390 g/mol. The second-order valence-electron chi connectivity index (χ2n) is 6.73. The molecular formula is C21H17N3O4S. The minimum Gasteiger partial charge on any atom is -0.362 e. The molecule has 1 aliphatic rings. The average molecular weight is 407 g/mol. The molecule has 29 heavy (non-hydrogen) atoms. The molecule has 0 atom stereocenters. The Kier molecular flexibility index (Phi) is 5.18. The van der Waals surface area contributed by atoms with Crippen molar-refractivity contribution in [2.75, 3.05) is 18.0 Å². The van der Waals surface area contributed by atoms with Gasteiger partial charge in [-0.25, -0.2) is 0 Å². The summed E-state index contributed by atoms with van der Waals surface area (Å²) in [5.41, 5.74) is 2.00. The van der Waals surface area contributed by atoms with Crippen molar-refractivity contribution in [2.45, 2.75) is 12.8 Å². The van der Waals surface area contributed by atoms with Crippen molar-refractivity contribution >= 4 is 33.6 Å². The number of rotatable bonds is 5. The molecule has 0 spiro atoms. The molecule has 1 aliphatic heterocycles. The van der Waals surface area contributed by atoms with Gasteiger partial charge in [0.1, 0.15) is 5.78 Å². The number of nitrogens with zero attached hydrogens (tertiary/aromatic N) is 3. The zero-order chi connectivity index (χ0) is 20.4. The molecule has 3 heterocycles. The van der Waals surface area contributed by atoms with Crippen LogP contribution in [0.1, 0.15) is 28.1 Å². The first-order valence-electron chi connectivity index (χ1n) is 9.13. The van der Waals surface area contributed by atoms with Gasteiger partial charge in [-0.1, -0.05) is 12.1 Å². The van der Waals surface area contributed by atoms with Gasteiger partial charge in [0, 0.05) is 61.6 Å². The molecule has 3 aromatic rings. The lowest BCUT2D eigenvalue weighted by Crippen LogP contribution is -2.33. The highest BCUT2D eigenvalue weighted by Gasteiger charge is 2.24. The van der Waals surface area contributed by atoms with Crippen LogP contribution in [0.25, 0.3) is 11.1 Å². The number of pyridine rings is 1. The maximum atomic E-state index is 13.1. The molecule has 0 saturated carbocycles. The number of ketones is 2. The quantitative estimate of drug-likeness (QED) is 0.359. The first-order chi connectivity index (χ1) is 14.0. The molecule has 0 bridgehead atoms. The minimum absolute atomic E-state index is 0.114. The van der Waals surface area contributed by atoms with Crippen molar-refractivity contribution in [2.24, 2.45) is 0 Å². The molecule has 0 radical (unpaired) electrons. The van der Waals surface area contributed by atoms with E-state index in [0.717, 1.165) is 16.1 Å². The van der Waals surface area contributed by atoms with Crippen molar-refractivity contribution in [1.29, 1.82) is 0 Å². The van der Waals surface area contributed by atoms with Crippen LogP contribution in [0, 0.1) is 10.1 Å². The maximum Gasteiger partial charge on any atom is 0.270 e. The summed E-state index contributed by atoms with van der Waals surface area (Å²) in [6, 6.07) is 11.3. The third-order valence-electron chi connectivity index (χ3n) is 4.86. The normalized spacial score (nSPS) is 14.1. The van der Waals surface area contributed by atoms with Crippen LogP contribution in [0.5, 0.6) is 0 Å². The lowest BCUT2D eigenvalue weighted by Gasteiger charge is -2.27. The predicted octanol–water partition coefficient (Wildman–Crippen LogP) is 4.12. The Morgan fingerprint density at radius 2 is 1.83 bits per heavy atom. The van der Waals surface area contributed by atoms with E-state index >= 15 is 0 Å². The van der Waals surface area contributed by atoms with Gasteiger partial charge in [0.05, 0.1) is 14.8 Å². The molecule has 7 nitrogen and oxygen atoms in total. The number of aromatic nitrogens is 1. The fraction of sp³-hybridized carbons (Fsp3) is 0.190. The Hall–Kier alpha value is -3.39. The van der Waals surface area contributed by atoms with Gasteiger partial charge in [-0.3, -0.25) is 24.7 Å². The number of carbonyl (C=O) groups excluding carboxylic acids is 2. The van der Waals surface area contributed by atoms with E-state index in [1.165, 1.54) is 29.5 Å². The van der Waals surface area contributed by atoms with Gasteiger partial charge < -0.3 is 4.90 Å². The largest absolute Gasteiger partial charge is 0.362 e. The van der Waals surface area contributed by atoms with Crippen LogP contribution in [-0.2, 0) is 4.79 Å². The van der Waals surface area contributed by atoms with Gasteiger partial charge in [0.2, 0.25) is 5.78 Å². The molecule has 4 rings (SSSR count). The van der Waals surface area contributed by atoms with Crippen LogP contribution in [0.3, 0.4) is 0 Å². The second kappa shape index (κ2) is 7.92. The number of thiophene rings is 1. The van der Waals surface area contributed by atoms with E-state index in [0.29, 0.717) is 30.8 Å². The Bertz CT molecular complexity index is 1080. The van der Waals surface area contributed by atoms with Crippen LogP contribution in [-0.4, -0.2) is 34.6 Å². The van der Waals surface area contributed by atoms with E-state index < -0.39 is 4.92 Å². The number of hydrogen-bond acceptors (Lipinski definition) is 7. The summed E-state index contributed by atoms with van der Waals surface area (Å²) in [5.74, 6) is -0.00972. The number of nitro groups is 1. The molecule has 2 aromatic heterocycles. The van der Waals surface area contributed by atoms with Crippen LogP contribution < -0.4 is 4.90 Å². The summed E-state index contributed by atoms with van der Waals surface area (Å²) < 4.78 is 0. The van der Waals surface area contributed by atoms with Crippen LogP contribution >= 0.6 is 11.3 Å². The number of piperidine rings is 1. The second-order valence-corrected chi connectivity index (χ2v) is 7.76. The number of nitro benzene ring substituents is 1. The molecule has 1 aromatic carbocycles. The van der Waals surface area contributed by atoms with Crippen molar-refractivity contribution in [3.8, 4) is 11.1 Å². The van der Waals surface area contributed by atoms with Gasteiger partial charge in [-0.05, 0) is 23.8 Å². The van der Waals surface area contributed by atoms with E-state index in [1.54, 1.807) is 18.5 Å². The third kappa shape index (κ3) is 3.93. The van der Waals surface area contributed by atoms with Crippen LogP contribution in [0.15, 0.2) is 54.9 Å². The van der Waals surface area contributed by atoms with E-state index in [-0.39, 0.29) is 22.8 Å². The standard InChI is InChI=1S/C21H17N3O4S/c25-17-6-10-23(11-7-17)21-18(14-4-8-22-9-5-14)13-19(29-21)20(26)15-2-1-3-16(12-15)24(27)28/h1-5,8-9,12-13H,6-7,10-11H2. The van der Waals surface area contributed by atoms with Crippen LogP contribution in [0.2, 0.25) is 0 Å². The molecule has 146 valence electrons. The van der Waals surface area contributed by atoms with E-state index in [2.05, 4.69) is 9.88 Å². The zero-order valence-electron chi connectivity index (χ0n) is 15.4. The van der Waals surface area contributed by atoms with Crippen molar-refractivity contribution in [3.05, 3.63) is 75.4 Å². The first kappa shape index (κ1) is 18.9. The number of carbonyl (C=O) groups is 2. The van der Waals surface area contributed by atoms with E-state index in [9.17, 15) is 19.7 Å². The Balaban J connectivity index is 1.75. The fourth-order valence-electron chi connectivity index (χ4n) is 3.33. The molecule has 0 unspecified atom stereocenters. The summed E-state index contributed by atoms with van der Waals surface area (Å²) >= 11 is 1.35. The molecule has 1 fully saturated rings. The molecule has 0 aliphatic carbocycles. The van der Waals surface area contributed by atoms with Gasteiger partial charge in [0.15, 0.2) is 0 Å². The maximum absolute atomic E-state index is 13.1. The number of benzene rings is 1. The van der Waals surface area contributed by atoms with Gasteiger partial charge in [-0.15, -0.1) is 11.3 Å². The monoisotopic (exact) mass is 407 g/mol. The van der Waals surface area contributed by atoms with Crippen molar-refractivity contribution in [1.82, 2.24) is 4.98 Å². The van der Waals surface area contributed by atoms with E-state index in [1.807, 2.05) is 18.2 Å². The predicted molar refractivity (Wildman–Crippen MR) is 111 cm³/mol. The topological polar surface area (TPSA) is 93.4 Å². The third-order valence-corrected chi connectivity index (χ3v) is 6.05. The van der Waals surface area contributed by atoms with Gasteiger partial charge in [-0.2, -0.15) is 0 Å². The Morgan fingerprint density at radius 1 is 1.10 bits per heavy atom. The number of non-ortho nitro benzene ring substituents is 1. The summed E-state index contributed by atoms with van der Waals surface area (Å²) in [6.07, 6.45) is 4.36. The highest BCUT2D eigenvalue weighted by Crippen LogP contribution is 2.40. The molecule has 0 N–H and O–H groups in total. The molecule has 1 saturated heterocycles. The molecule has 0 amide bonds. The van der Waals surface area contributed by atoms with Crippen molar-refractivity contribution < 1.29 is 14.5 Å². The average Bonchev–Trinajstić information content (AvgIpc) is 3.20. The molecule has 8 heteroatoms. The number of hydrogen-bond donors (Lipinski definition) is 0. The Labute approximate surface area is 170 Å². The lowest BCUT2D eigenvalue weighted by atomic mass is 10.0. The fourth-order valence-corrected chi connectivity index (χ4v) is 4.52. The smallest absolute Gasteiger partial charge is 0.270 e. The lowest BCUT2D eigenvalue weighted by molar-refractivity contribution is -0.384. The number of anilines is 1. The minimum atomic E-state index is -0.510. The summed E-state index contributed by atoms with van der Waals surface area (Å²) in [5, 5.41) is 12.0. The first-order valence-corrected chi connectivity index (χ1v) is 9.94. The highest BCUT2D eigenvalue weighted by atomic mass is 32.1. The summed E-state index contributed by atoms with van der Waals surface area (Å²) in [7, 11) is 0. The zero-order valence-corrected chi connectivity index (χ0v) is 16.2. The van der Waals surface area contributed by atoms with Gasteiger partial charge >= 0.3 is 0 Å². The van der Waals surface area contributed by atoms with Gasteiger partial charge in [0.25, 0.3) is 5.69 Å². The summed E-state index contributed by atoms with van der Waals surface area (Å²) in [4.78, 5) is 41.9. The van der Waals surface area contributed by atoms with E-state index in [4.69, 9.17) is 0 Å². The van der Waals surface area contributed by atoms with Crippen LogP contribution in [0.4, 0.5) is 10.7 Å².